The first kappa shape index (κ1) is 20.1. The molecule has 27 heavy (non-hydrogen) atoms. The number of aryl methyl sites for hydroxylation is 1. The highest BCUT2D eigenvalue weighted by atomic mass is 32.2. The van der Waals surface area contributed by atoms with Crippen LogP contribution < -0.4 is 16.4 Å². The van der Waals surface area contributed by atoms with Crippen LogP contribution in [-0.4, -0.2) is 32.5 Å². The lowest BCUT2D eigenvalue weighted by molar-refractivity contribution is -0.384. The van der Waals surface area contributed by atoms with Gasteiger partial charge in [0.1, 0.15) is 0 Å². The molecule has 0 bridgehead atoms. The first-order valence-corrected chi connectivity index (χ1v) is 8.94. The van der Waals surface area contributed by atoms with Gasteiger partial charge in [-0.3, -0.25) is 35.3 Å². The summed E-state index contributed by atoms with van der Waals surface area (Å²) in [5.41, 5.74) is 4.82. The number of nitro groups is 1. The van der Waals surface area contributed by atoms with Crippen molar-refractivity contribution in [3.8, 4) is 0 Å². The Hall–Kier alpha value is -3.21. The molecule has 0 radical (unpaired) electrons. The second-order valence-corrected chi connectivity index (χ2v) is 6.35. The van der Waals surface area contributed by atoms with Gasteiger partial charge < -0.3 is 4.98 Å². The summed E-state index contributed by atoms with van der Waals surface area (Å²) >= 11 is 1.03. The number of carbonyl (C=O) groups excluding carboxylic acids is 2. The van der Waals surface area contributed by atoms with Gasteiger partial charge in [0.15, 0.2) is 5.16 Å². The molecule has 1 aromatic carbocycles. The Morgan fingerprint density at radius 2 is 1.96 bits per heavy atom. The molecule has 0 aliphatic carbocycles. The molecule has 0 atom stereocenters. The number of non-ortho nitro benzene ring substituents is 1. The summed E-state index contributed by atoms with van der Waals surface area (Å²) in [6.45, 7) is 1.97. The minimum atomic E-state index is -0.611. The second kappa shape index (κ2) is 9.48. The number of benzene rings is 1. The Kier molecular flexibility index (Phi) is 7.06. The molecule has 142 valence electrons. The lowest BCUT2D eigenvalue weighted by Gasteiger charge is -2.07. The third-order valence-corrected chi connectivity index (χ3v) is 4.15. The SMILES string of the molecule is CCCc1cc(=O)[nH]c(SCC(=O)NNC(=O)c2ccc([N+](=O)[O-])cc2)n1. The van der Waals surface area contributed by atoms with E-state index in [1.165, 1.54) is 30.3 Å². The molecule has 3 N–H and O–H groups in total. The number of aromatic nitrogens is 2. The van der Waals surface area contributed by atoms with Crippen LogP contribution in [0.4, 0.5) is 5.69 Å². The number of hydrogen-bond acceptors (Lipinski definition) is 7. The van der Waals surface area contributed by atoms with Crippen LogP contribution >= 0.6 is 11.8 Å². The topological polar surface area (TPSA) is 147 Å². The Balaban J connectivity index is 1.84. The quantitative estimate of drug-likeness (QED) is 0.278. The predicted octanol–water partition coefficient (Wildman–Crippen LogP) is 1.18. The number of carbonyl (C=O) groups is 2. The smallest absolute Gasteiger partial charge is 0.269 e. The van der Waals surface area contributed by atoms with Crippen LogP contribution in [-0.2, 0) is 11.2 Å². The van der Waals surface area contributed by atoms with Crippen molar-refractivity contribution < 1.29 is 14.5 Å². The highest BCUT2D eigenvalue weighted by Crippen LogP contribution is 2.12. The third-order valence-electron chi connectivity index (χ3n) is 3.27. The Labute approximate surface area is 157 Å². The molecule has 2 amide bonds. The summed E-state index contributed by atoms with van der Waals surface area (Å²) in [6.07, 6.45) is 1.50. The standard InChI is InChI=1S/C16H17N5O5S/c1-2-3-11-8-13(22)18-16(17-11)27-9-14(23)19-20-15(24)10-4-6-12(7-5-10)21(25)26/h4-8H,2-3,9H2,1H3,(H,19,23)(H,20,24)(H,17,18,22). The minimum absolute atomic E-state index is 0.0704. The zero-order chi connectivity index (χ0) is 19.8. The normalized spacial score (nSPS) is 10.3. The van der Waals surface area contributed by atoms with Gasteiger partial charge in [0.2, 0.25) is 5.91 Å². The van der Waals surface area contributed by atoms with Crippen molar-refractivity contribution in [2.75, 3.05) is 5.75 Å². The molecule has 2 aromatic rings. The molecular weight excluding hydrogens is 374 g/mol. The molecule has 1 heterocycles. The van der Waals surface area contributed by atoms with Crippen LogP contribution in [0.1, 0.15) is 29.4 Å². The Morgan fingerprint density at radius 3 is 2.59 bits per heavy atom. The largest absolute Gasteiger partial charge is 0.301 e. The summed E-state index contributed by atoms with van der Waals surface area (Å²) in [7, 11) is 0. The Morgan fingerprint density at radius 1 is 1.26 bits per heavy atom. The highest BCUT2D eigenvalue weighted by Gasteiger charge is 2.11. The van der Waals surface area contributed by atoms with E-state index in [2.05, 4.69) is 20.8 Å². The molecule has 0 saturated carbocycles. The number of nitrogens with zero attached hydrogens (tertiary/aromatic N) is 2. The van der Waals surface area contributed by atoms with Gasteiger partial charge in [0.05, 0.1) is 10.7 Å². The van der Waals surface area contributed by atoms with Gasteiger partial charge in [0, 0.05) is 29.5 Å². The van der Waals surface area contributed by atoms with Crippen LogP contribution in [0.2, 0.25) is 0 Å². The molecular formula is C16H17N5O5S. The molecule has 1 aromatic heterocycles. The van der Waals surface area contributed by atoms with E-state index in [9.17, 15) is 24.5 Å². The zero-order valence-corrected chi connectivity index (χ0v) is 15.2. The summed E-state index contributed by atoms with van der Waals surface area (Å²) in [5, 5.41) is 10.9. The van der Waals surface area contributed by atoms with Crippen molar-refractivity contribution >= 4 is 29.3 Å². The monoisotopic (exact) mass is 391 g/mol. The number of nitro benzene ring substituents is 1. The zero-order valence-electron chi connectivity index (χ0n) is 14.4. The summed E-state index contributed by atoms with van der Waals surface area (Å²) in [4.78, 5) is 52.1. The predicted molar refractivity (Wildman–Crippen MR) is 98.3 cm³/mol. The van der Waals surface area contributed by atoms with E-state index in [1.54, 1.807) is 0 Å². The minimum Gasteiger partial charge on any atom is -0.301 e. The van der Waals surface area contributed by atoms with E-state index in [-0.39, 0.29) is 22.6 Å². The number of rotatable bonds is 7. The fourth-order valence-electron chi connectivity index (χ4n) is 2.04. The van der Waals surface area contributed by atoms with Crippen LogP contribution in [0, 0.1) is 10.1 Å². The van der Waals surface area contributed by atoms with Gasteiger partial charge in [-0.05, 0) is 18.6 Å². The van der Waals surface area contributed by atoms with Crippen LogP contribution in [0.5, 0.6) is 0 Å². The first-order chi connectivity index (χ1) is 12.9. The van der Waals surface area contributed by atoms with E-state index in [4.69, 9.17) is 0 Å². The van der Waals surface area contributed by atoms with Crippen LogP contribution in [0.25, 0.3) is 0 Å². The van der Waals surface area contributed by atoms with Gasteiger partial charge in [-0.25, -0.2) is 4.98 Å². The molecule has 2 rings (SSSR count). The van der Waals surface area contributed by atoms with Crippen molar-refractivity contribution in [2.45, 2.75) is 24.9 Å². The summed E-state index contributed by atoms with van der Waals surface area (Å²) < 4.78 is 0. The maximum Gasteiger partial charge on any atom is 0.269 e. The fourth-order valence-corrected chi connectivity index (χ4v) is 2.73. The molecule has 0 unspecified atom stereocenters. The molecule has 10 nitrogen and oxygen atoms in total. The summed E-state index contributed by atoms with van der Waals surface area (Å²) in [5.74, 6) is -1.18. The van der Waals surface area contributed by atoms with Gasteiger partial charge in [0.25, 0.3) is 17.2 Å². The van der Waals surface area contributed by atoms with Gasteiger partial charge in [-0.2, -0.15) is 0 Å². The number of amides is 2. The van der Waals surface area contributed by atoms with Crippen LogP contribution in [0.3, 0.4) is 0 Å². The maximum absolute atomic E-state index is 11.9. The molecule has 0 aliphatic rings. The average molecular weight is 391 g/mol. The average Bonchev–Trinajstić information content (AvgIpc) is 2.64. The maximum atomic E-state index is 11.9. The molecule has 11 heteroatoms. The van der Waals surface area contributed by atoms with Crippen molar-refractivity contribution in [1.29, 1.82) is 0 Å². The molecule has 0 fully saturated rings. The molecule has 0 aliphatic heterocycles. The van der Waals surface area contributed by atoms with Gasteiger partial charge in [-0.1, -0.05) is 25.1 Å². The lowest BCUT2D eigenvalue weighted by Crippen LogP contribution is -2.42. The van der Waals surface area contributed by atoms with Crippen molar-refractivity contribution in [3.63, 3.8) is 0 Å². The van der Waals surface area contributed by atoms with Crippen molar-refractivity contribution in [1.82, 2.24) is 20.8 Å². The van der Waals surface area contributed by atoms with E-state index < -0.39 is 16.7 Å². The summed E-state index contributed by atoms with van der Waals surface area (Å²) in [6, 6.07) is 6.36. The molecule has 0 spiro atoms. The van der Waals surface area contributed by atoms with E-state index in [0.717, 1.165) is 18.2 Å². The highest BCUT2D eigenvalue weighted by molar-refractivity contribution is 7.99. The number of hydrogen-bond donors (Lipinski definition) is 3. The number of nitrogens with one attached hydrogen (secondary N) is 3. The van der Waals surface area contributed by atoms with Gasteiger partial charge >= 0.3 is 0 Å². The number of hydrazine groups is 1. The number of aromatic amines is 1. The second-order valence-electron chi connectivity index (χ2n) is 5.39. The Bertz CT molecular complexity index is 897. The van der Waals surface area contributed by atoms with E-state index >= 15 is 0 Å². The molecule has 0 saturated heterocycles. The fraction of sp³-hybridized carbons (Fsp3) is 0.250. The number of thioether (sulfide) groups is 1. The number of H-pyrrole nitrogens is 1. The third kappa shape index (κ3) is 6.22. The van der Waals surface area contributed by atoms with Crippen molar-refractivity contribution in [3.05, 3.63) is 62.1 Å². The van der Waals surface area contributed by atoms with Gasteiger partial charge in [-0.15, -0.1) is 0 Å². The van der Waals surface area contributed by atoms with Crippen LogP contribution in [0.15, 0.2) is 40.3 Å². The lowest BCUT2D eigenvalue weighted by atomic mass is 10.2. The van der Waals surface area contributed by atoms with E-state index in [0.29, 0.717) is 17.3 Å². The first-order valence-electron chi connectivity index (χ1n) is 7.95. The van der Waals surface area contributed by atoms with E-state index in [1.807, 2.05) is 6.92 Å². The van der Waals surface area contributed by atoms with Crippen molar-refractivity contribution in [2.24, 2.45) is 0 Å².